The van der Waals surface area contributed by atoms with Crippen LogP contribution < -0.4 is 0 Å². The van der Waals surface area contributed by atoms with Crippen molar-refractivity contribution in [1.82, 2.24) is 0 Å². The smallest absolute Gasteiger partial charge is 0.124 e. The van der Waals surface area contributed by atoms with E-state index in [1.807, 2.05) is 49.4 Å². The molecule has 2 aromatic carbocycles. The number of hydrogen-bond donors (Lipinski definition) is 0. The Hall–Kier alpha value is -2.10. The first-order valence-electron chi connectivity index (χ1n) is 7.96. The van der Waals surface area contributed by atoms with Crippen LogP contribution in [-0.4, -0.2) is 18.3 Å². The van der Waals surface area contributed by atoms with E-state index in [0.29, 0.717) is 13.2 Å². The van der Waals surface area contributed by atoms with E-state index in [2.05, 4.69) is 24.3 Å². The fraction of sp³-hybridized carbons (Fsp3) is 0.300. The number of hydrogen-bond acceptors (Lipinski definition) is 3. The molecule has 0 radical (unpaired) electrons. The fourth-order valence-corrected chi connectivity index (χ4v) is 2.61. The van der Waals surface area contributed by atoms with Gasteiger partial charge in [-0.15, -0.1) is 0 Å². The molecule has 0 bridgehead atoms. The molecule has 23 heavy (non-hydrogen) atoms. The van der Waals surface area contributed by atoms with Crippen LogP contribution in [0, 0.1) is 0 Å². The van der Waals surface area contributed by atoms with Gasteiger partial charge in [0.25, 0.3) is 0 Å². The molecular weight excluding hydrogens is 288 g/mol. The molecule has 3 atom stereocenters. The van der Waals surface area contributed by atoms with E-state index in [4.69, 9.17) is 14.2 Å². The number of benzene rings is 2. The predicted molar refractivity (Wildman–Crippen MR) is 89.7 cm³/mol. The number of rotatable bonds is 6. The van der Waals surface area contributed by atoms with Gasteiger partial charge in [0.1, 0.15) is 18.3 Å². The third kappa shape index (κ3) is 4.44. The zero-order valence-corrected chi connectivity index (χ0v) is 13.3. The minimum absolute atomic E-state index is 0.0375. The molecule has 2 aromatic rings. The molecule has 120 valence electrons. The molecule has 0 saturated carbocycles. The molecule has 0 aliphatic carbocycles. The Morgan fingerprint density at radius 1 is 0.826 bits per heavy atom. The molecule has 1 aliphatic rings. The quantitative estimate of drug-likeness (QED) is 0.804. The van der Waals surface area contributed by atoms with Crippen LogP contribution in [0.25, 0.3) is 0 Å². The van der Waals surface area contributed by atoms with Crippen molar-refractivity contribution in [3.63, 3.8) is 0 Å². The summed E-state index contributed by atoms with van der Waals surface area (Å²) in [4.78, 5) is 0. The van der Waals surface area contributed by atoms with Gasteiger partial charge in [0.05, 0.1) is 19.5 Å². The van der Waals surface area contributed by atoms with Crippen molar-refractivity contribution in [3.8, 4) is 0 Å². The largest absolute Gasteiger partial charge is 0.496 e. The topological polar surface area (TPSA) is 27.7 Å². The first-order valence-corrected chi connectivity index (χ1v) is 7.96. The van der Waals surface area contributed by atoms with E-state index in [1.165, 1.54) is 0 Å². The highest BCUT2D eigenvalue weighted by molar-refractivity contribution is 5.15. The summed E-state index contributed by atoms with van der Waals surface area (Å²) in [6, 6.07) is 20.3. The highest BCUT2D eigenvalue weighted by Gasteiger charge is 2.30. The van der Waals surface area contributed by atoms with Crippen molar-refractivity contribution >= 4 is 0 Å². The molecule has 1 aliphatic heterocycles. The molecule has 3 heteroatoms. The first kappa shape index (κ1) is 15.8. The minimum atomic E-state index is -0.121. The monoisotopic (exact) mass is 310 g/mol. The number of ether oxygens (including phenoxy) is 3. The van der Waals surface area contributed by atoms with Crippen molar-refractivity contribution < 1.29 is 14.2 Å². The van der Waals surface area contributed by atoms with Gasteiger partial charge in [-0.3, -0.25) is 0 Å². The van der Waals surface area contributed by atoms with E-state index in [-0.39, 0.29) is 18.3 Å². The lowest BCUT2D eigenvalue weighted by atomic mass is 10.1. The molecule has 0 saturated heterocycles. The molecular formula is C20H22O3. The molecule has 0 amide bonds. The molecule has 3 nitrogen and oxygen atoms in total. The Kier molecular flexibility index (Phi) is 5.46. The maximum absolute atomic E-state index is 6.08. The van der Waals surface area contributed by atoms with E-state index in [9.17, 15) is 0 Å². The van der Waals surface area contributed by atoms with Crippen molar-refractivity contribution in [3.05, 3.63) is 84.1 Å². The van der Waals surface area contributed by atoms with Gasteiger partial charge in [-0.2, -0.15) is 0 Å². The SMILES string of the molecule is C[C@H]1OC=C[C@H](OCc2ccccc2)[C@@H]1OCc1ccccc1. The average Bonchev–Trinajstić information content (AvgIpc) is 2.61. The Labute approximate surface area is 137 Å². The van der Waals surface area contributed by atoms with Gasteiger partial charge in [-0.1, -0.05) is 60.7 Å². The normalized spacial score (nSPS) is 23.4. The third-order valence-electron chi connectivity index (χ3n) is 3.92. The molecule has 0 N–H and O–H groups in total. The van der Waals surface area contributed by atoms with Crippen molar-refractivity contribution in [2.45, 2.75) is 38.4 Å². The zero-order chi connectivity index (χ0) is 15.9. The first-order chi connectivity index (χ1) is 11.3. The maximum atomic E-state index is 6.08. The molecule has 0 spiro atoms. The van der Waals surface area contributed by atoms with Crippen molar-refractivity contribution in [2.75, 3.05) is 0 Å². The van der Waals surface area contributed by atoms with Gasteiger partial charge >= 0.3 is 0 Å². The van der Waals surface area contributed by atoms with E-state index in [0.717, 1.165) is 11.1 Å². The molecule has 0 fully saturated rings. The van der Waals surface area contributed by atoms with Crippen LogP contribution in [0.4, 0.5) is 0 Å². The summed E-state index contributed by atoms with van der Waals surface area (Å²) in [7, 11) is 0. The van der Waals surface area contributed by atoms with Gasteiger partial charge in [0.2, 0.25) is 0 Å². The van der Waals surface area contributed by atoms with Crippen LogP contribution in [-0.2, 0) is 27.4 Å². The summed E-state index contributed by atoms with van der Waals surface area (Å²) in [5.41, 5.74) is 2.30. The van der Waals surface area contributed by atoms with Gasteiger partial charge in [-0.05, 0) is 24.1 Å². The van der Waals surface area contributed by atoms with Crippen LogP contribution in [0.1, 0.15) is 18.1 Å². The lowest BCUT2D eigenvalue weighted by Crippen LogP contribution is -2.42. The molecule has 0 aromatic heterocycles. The maximum Gasteiger partial charge on any atom is 0.124 e. The van der Waals surface area contributed by atoms with Gasteiger partial charge in [-0.25, -0.2) is 0 Å². The van der Waals surface area contributed by atoms with Crippen LogP contribution in [0.15, 0.2) is 73.0 Å². The van der Waals surface area contributed by atoms with E-state index >= 15 is 0 Å². The highest BCUT2D eigenvalue weighted by Crippen LogP contribution is 2.21. The van der Waals surface area contributed by atoms with Crippen molar-refractivity contribution in [2.24, 2.45) is 0 Å². The van der Waals surface area contributed by atoms with Gasteiger partial charge in [0, 0.05) is 0 Å². The fourth-order valence-electron chi connectivity index (χ4n) is 2.61. The minimum Gasteiger partial charge on any atom is -0.496 e. The zero-order valence-electron chi connectivity index (χ0n) is 13.3. The Morgan fingerprint density at radius 3 is 2.00 bits per heavy atom. The summed E-state index contributed by atoms with van der Waals surface area (Å²) in [5, 5.41) is 0. The second kappa shape index (κ2) is 7.95. The van der Waals surface area contributed by atoms with Crippen molar-refractivity contribution in [1.29, 1.82) is 0 Å². The summed E-state index contributed by atoms with van der Waals surface area (Å²) in [6.07, 6.45) is 3.37. The lowest BCUT2D eigenvalue weighted by molar-refractivity contribution is -0.125. The van der Waals surface area contributed by atoms with Gasteiger partial charge < -0.3 is 14.2 Å². The van der Waals surface area contributed by atoms with Gasteiger partial charge in [0.15, 0.2) is 0 Å². The summed E-state index contributed by atoms with van der Waals surface area (Å²) >= 11 is 0. The Morgan fingerprint density at radius 2 is 1.39 bits per heavy atom. The molecule has 1 heterocycles. The van der Waals surface area contributed by atoms with Crippen LogP contribution in [0.5, 0.6) is 0 Å². The third-order valence-corrected chi connectivity index (χ3v) is 3.92. The Balaban J connectivity index is 1.60. The van der Waals surface area contributed by atoms with E-state index in [1.54, 1.807) is 6.26 Å². The molecule has 3 rings (SSSR count). The predicted octanol–water partition coefficient (Wildman–Crippen LogP) is 4.09. The molecule has 0 unspecified atom stereocenters. The summed E-state index contributed by atoms with van der Waals surface area (Å²) in [6.45, 7) is 3.13. The second-order valence-corrected chi connectivity index (χ2v) is 5.69. The van der Waals surface area contributed by atoms with Crippen LogP contribution in [0.2, 0.25) is 0 Å². The van der Waals surface area contributed by atoms with Crippen LogP contribution in [0.3, 0.4) is 0 Å². The highest BCUT2D eigenvalue weighted by atomic mass is 16.6. The van der Waals surface area contributed by atoms with Crippen LogP contribution >= 0.6 is 0 Å². The Bertz CT molecular complexity index is 609. The summed E-state index contributed by atoms with van der Waals surface area (Å²) < 4.78 is 17.7. The lowest BCUT2D eigenvalue weighted by Gasteiger charge is -2.32. The second-order valence-electron chi connectivity index (χ2n) is 5.69. The average molecular weight is 310 g/mol. The van der Waals surface area contributed by atoms with E-state index < -0.39 is 0 Å². The standard InChI is InChI=1S/C20H22O3/c1-16-20(23-15-18-10-6-3-7-11-18)19(12-13-21-16)22-14-17-8-4-2-5-9-17/h2-13,16,19-20H,14-15H2,1H3/t16-,19+,20-/m1/s1. The summed E-state index contributed by atoms with van der Waals surface area (Å²) in [5.74, 6) is 0.